The molecule has 0 bridgehead atoms. The lowest BCUT2D eigenvalue weighted by Crippen LogP contribution is -2.35. The van der Waals surface area contributed by atoms with Crippen LogP contribution in [0.5, 0.6) is 5.75 Å². The number of likely N-dealkylation sites (N-methyl/N-ethyl adjacent to an activating group) is 2. The Balaban J connectivity index is 1.65. The molecule has 164 valence electrons. The Bertz CT molecular complexity index is 881. The summed E-state index contributed by atoms with van der Waals surface area (Å²) >= 11 is 10.0. The van der Waals surface area contributed by atoms with E-state index in [1.54, 1.807) is 0 Å². The predicted octanol–water partition coefficient (Wildman–Crippen LogP) is 3.35. The maximum absolute atomic E-state index is 13.7. The molecule has 3 aliphatic rings. The van der Waals surface area contributed by atoms with Gasteiger partial charge in [-0.1, -0.05) is 11.6 Å². The van der Waals surface area contributed by atoms with Crippen LogP contribution in [0.4, 0.5) is 10.1 Å². The van der Waals surface area contributed by atoms with Gasteiger partial charge in [-0.25, -0.2) is 9.38 Å². The Labute approximate surface area is 189 Å². The van der Waals surface area contributed by atoms with Crippen molar-refractivity contribution in [2.75, 3.05) is 59.4 Å². The molecule has 10 heteroatoms. The monoisotopic (exact) mass is 501 g/mol. The van der Waals surface area contributed by atoms with E-state index in [0.717, 1.165) is 28.1 Å². The molecule has 1 aromatic rings. The predicted molar refractivity (Wildman–Crippen MR) is 120 cm³/mol. The summed E-state index contributed by atoms with van der Waals surface area (Å²) in [5.74, 6) is 1.75. The minimum absolute atomic E-state index is 0.0143. The average Bonchev–Trinajstić information content (AvgIpc) is 2.94. The molecule has 0 aromatic heterocycles. The largest absolute Gasteiger partial charge is 0.462 e. The smallest absolute Gasteiger partial charge is 0.301 e. The van der Waals surface area contributed by atoms with Crippen molar-refractivity contribution in [1.82, 2.24) is 14.7 Å². The molecule has 1 N–H and O–H groups in total. The number of aliphatic imine (C=N–C) groups is 1. The number of benzene rings is 1. The molecule has 1 saturated heterocycles. The van der Waals surface area contributed by atoms with Crippen LogP contribution in [0.15, 0.2) is 27.7 Å². The summed E-state index contributed by atoms with van der Waals surface area (Å²) in [5.41, 5.74) is 1.59. The number of anilines is 1. The molecule has 4 rings (SSSR count). The molecule has 0 saturated carbocycles. The average molecular weight is 503 g/mol. The molecule has 3 aliphatic heterocycles. The van der Waals surface area contributed by atoms with Crippen LogP contribution in [0.2, 0.25) is 5.02 Å². The van der Waals surface area contributed by atoms with Crippen molar-refractivity contribution in [1.29, 1.82) is 0 Å². The topological polar surface area (TPSA) is 52.6 Å². The lowest BCUT2D eigenvalue weighted by atomic mass is 10.1. The van der Waals surface area contributed by atoms with Crippen LogP contribution in [0.3, 0.4) is 0 Å². The molecule has 1 aromatic carbocycles. The van der Waals surface area contributed by atoms with Crippen molar-refractivity contribution in [3.63, 3.8) is 0 Å². The summed E-state index contributed by atoms with van der Waals surface area (Å²) in [5, 5.41) is 3.83. The third-order valence-electron chi connectivity index (χ3n) is 5.48. The number of hydrogen-bond acceptors (Lipinski definition) is 7. The van der Waals surface area contributed by atoms with Gasteiger partial charge in [0.25, 0.3) is 0 Å². The zero-order valence-electron chi connectivity index (χ0n) is 17.3. The van der Waals surface area contributed by atoms with Crippen LogP contribution in [0, 0.1) is 0 Å². The molecule has 7 nitrogen and oxygen atoms in total. The summed E-state index contributed by atoms with van der Waals surface area (Å²) in [6, 6.07) is 1.84. The highest BCUT2D eigenvalue weighted by Gasteiger charge is 2.33. The summed E-state index contributed by atoms with van der Waals surface area (Å²) in [7, 11) is 5.96. The van der Waals surface area contributed by atoms with Gasteiger partial charge in [-0.05, 0) is 49.6 Å². The van der Waals surface area contributed by atoms with Crippen molar-refractivity contribution in [2.24, 2.45) is 4.99 Å². The first-order valence-electron chi connectivity index (χ1n) is 9.92. The number of rotatable bonds is 6. The molecular formula is C20H26BrClFN5O2. The number of amidine groups is 1. The fraction of sp³-hybridized carbons (Fsp3) is 0.550. The molecule has 2 atom stereocenters. The first-order chi connectivity index (χ1) is 14.3. The summed E-state index contributed by atoms with van der Waals surface area (Å²) in [4.78, 5) is 10.8. The number of nitrogens with one attached hydrogen (secondary N) is 1. The van der Waals surface area contributed by atoms with Crippen molar-refractivity contribution < 1.29 is 13.9 Å². The summed E-state index contributed by atoms with van der Waals surface area (Å²) in [6.45, 7) is 2.73. The van der Waals surface area contributed by atoms with Crippen LogP contribution in [-0.4, -0.2) is 86.8 Å². The van der Waals surface area contributed by atoms with Crippen molar-refractivity contribution in [2.45, 2.75) is 18.6 Å². The fourth-order valence-corrected chi connectivity index (χ4v) is 4.45. The summed E-state index contributed by atoms with van der Waals surface area (Å²) in [6.07, 6.45) is 1.48. The van der Waals surface area contributed by atoms with Crippen molar-refractivity contribution in [3.8, 4) is 5.75 Å². The number of likely N-dealkylation sites (tertiary alicyclic amines) is 1. The van der Waals surface area contributed by atoms with Gasteiger partial charge in [-0.2, -0.15) is 0 Å². The van der Waals surface area contributed by atoms with Gasteiger partial charge in [0.2, 0.25) is 0 Å². The van der Waals surface area contributed by atoms with Crippen molar-refractivity contribution >= 4 is 39.1 Å². The molecule has 0 amide bonds. The normalized spacial score (nSPS) is 23.4. The number of ether oxygens (including phenoxy) is 2. The molecule has 3 heterocycles. The second-order valence-electron chi connectivity index (χ2n) is 8.02. The van der Waals surface area contributed by atoms with E-state index >= 15 is 0 Å². The third-order valence-corrected chi connectivity index (χ3v) is 6.73. The third kappa shape index (κ3) is 4.39. The Morgan fingerprint density at radius 3 is 2.97 bits per heavy atom. The number of halogens is 3. The van der Waals surface area contributed by atoms with Gasteiger partial charge in [-0.15, -0.1) is 0 Å². The highest BCUT2D eigenvalue weighted by molar-refractivity contribution is 9.10. The molecular weight excluding hydrogens is 477 g/mol. The van der Waals surface area contributed by atoms with Gasteiger partial charge < -0.3 is 24.6 Å². The molecule has 0 aliphatic carbocycles. The molecule has 30 heavy (non-hydrogen) atoms. The lowest BCUT2D eigenvalue weighted by Gasteiger charge is -2.27. The minimum atomic E-state index is -0.815. The van der Waals surface area contributed by atoms with E-state index in [1.165, 1.54) is 0 Å². The van der Waals surface area contributed by atoms with E-state index < -0.39 is 6.17 Å². The lowest BCUT2D eigenvalue weighted by molar-refractivity contribution is 0.0681. The van der Waals surface area contributed by atoms with Gasteiger partial charge in [0.05, 0.1) is 22.5 Å². The van der Waals surface area contributed by atoms with Gasteiger partial charge >= 0.3 is 5.95 Å². The first-order valence-corrected chi connectivity index (χ1v) is 11.1. The van der Waals surface area contributed by atoms with Crippen LogP contribution >= 0.6 is 27.5 Å². The maximum Gasteiger partial charge on any atom is 0.301 e. The number of alkyl halides is 1. The van der Waals surface area contributed by atoms with E-state index in [4.69, 9.17) is 21.1 Å². The Morgan fingerprint density at radius 1 is 1.47 bits per heavy atom. The highest BCUT2D eigenvalue weighted by Crippen LogP contribution is 2.43. The quantitative estimate of drug-likeness (QED) is 0.644. The van der Waals surface area contributed by atoms with E-state index in [9.17, 15) is 4.39 Å². The van der Waals surface area contributed by atoms with Crippen LogP contribution in [0.25, 0.3) is 0 Å². The Morgan fingerprint density at radius 2 is 2.27 bits per heavy atom. The van der Waals surface area contributed by atoms with Crippen LogP contribution in [0.1, 0.15) is 12.0 Å². The maximum atomic E-state index is 13.7. The van der Waals surface area contributed by atoms with Crippen LogP contribution in [-0.2, 0) is 4.74 Å². The summed E-state index contributed by atoms with van der Waals surface area (Å²) < 4.78 is 26.6. The molecule has 0 radical (unpaired) electrons. The zero-order chi connectivity index (χ0) is 21.4. The van der Waals surface area contributed by atoms with E-state index in [2.05, 4.69) is 31.1 Å². The first kappa shape index (κ1) is 21.7. The number of nitrogens with zero attached hydrogens (tertiary/aromatic N) is 4. The van der Waals surface area contributed by atoms with E-state index in [-0.39, 0.29) is 6.04 Å². The van der Waals surface area contributed by atoms with Gasteiger partial charge in [0, 0.05) is 30.1 Å². The highest BCUT2D eigenvalue weighted by atomic mass is 79.9. The standard InChI is InChI=1S/C20H26BrClFN5O2/c1-26(2)4-5-28-9-16(29-10-13-6-12(23)8-27(13)3)30-15-7-14(21)18(22)19-17(15)20(28)25-11-24-19/h7,9,12-13,24H,4-6,8,10-11H2,1-3H3/t12-,13+/m1/s1. The van der Waals surface area contributed by atoms with Gasteiger partial charge in [0.1, 0.15) is 31.0 Å². The minimum Gasteiger partial charge on any atom is -0.462 e. The molecule has 1 fully saturated rings. The Kier molecular flexibility index (Phi) is 6.43. The number of hydrogen-bond donors (Lipinski definition) is 1. The van der Waals surface area contributed by atoms with E-state index in [0.29, 0.717) is 49.5 Å². The SMILES string of the molecule is CN(C)CCN1C=C(OC[C@@H]2C[C@@H](F)CN2C)Oc2cc(Br)c(Cl)c3c2C1=NCN3. The van der Waals surface area contributed by atoms with Gasteiger partial charge in [0.15, 0.2) is 0 Å². The molecule has 0 unspecified atom stereocenters. The fourth-order valence-electron chi connectivity index (χ4n) is 3.83. The second-order valence-corrected chi connectivity index (χ2v) is 9.25. The van der Waals surface area contributed by atoms with E-state index in [1.807, 2.05) is 43.2 Å². The van der Waals surface area contributed by atoms with Gasteiger partial charge in [-0.3, -0.25) is 4.90 Å². The Hall–Kier alpha value is -1.55. The zero-order valence-corrected chi connectivity index (χ0v) is 19.6. The molecule has 0 spiro atoms. The van der Waals surface area contributed by atoms with Crippen LogP contribution < -0.4 is 10.1 Å². The van der Waals surface area contributed by atoms with Crippen molar-refractivity contribution in [3.05, 3.63) is 33.3 Å². The second kappa shape index (κ2) is 8.90.